The molecular formula is C17H14ClNO. The van der Waals surface area contributed by atoms with E-state index in [4.69, 9.17) is 11.6 Å². The molecule has 0 fully saturated rings. The van der Waals surface area contributed by atoms with Gasteiger partial charge in [0.2, 0.25) is 0 Å². The summed E-state index contributed by atoms with van der Waals surface area (Å²) in [5, 5.41) is 1.62. The highest BCUT2D eigenvalue weighted by Crippen LogP contribution is 2.24. The van der Waals surface area contributed by atoms with Crippen LogP contribution in [0, 0.1) is 6.92 Å². The van der Waals surface area contributed by atoms with Crippen LogP contribution < -0.4 is 0 Å². The molecule has 0 bridgehead atoms. The Kier molecular flexibility index (Phi) is 3.33. The van der Waals surface area contributed by atoms with Crippen molar-refractivity contribution in [3.05, 3.63) is 70.4 Å². The number of hydrogen-bond donors (Lipinski definition) is 0. The van der Waals surface area contributed by atoms with Crippen LogP contribution in [0.2, 0.25) is 5.02 Å². The van der Waals surface area contributed by atoms with Gasteiger partial charge in [0.1, 0.15) is 0 Å². The fourth-order valence-corrected chi connectivity index (χ4v) is 2.57. The third-order valence-corrected chi connectivity index (χ3v) is 3.71. The van der Waals surface area contributed by atoms with Crippen molar-refractivity contribution >= 4 is 28.8 Å². The van der Waals surface area contributed by atoms with Crippen molar-refractivity contribution in [3.8, 4) is 0 Å². The fraction of sp³-hybridized carbons (Fsp3) is 0.118. The van der Waals surface area contributed by atoms with Crippen molar-refractivity contribution in [3.63, 3.8) is 0 Å². The third kappa shape index (κ3) is 2.35. The Bertz CT molecular complexity index is 772. The Morgan fingerprint density at radius 2 is 1.90 bits per heavy atom. The lowest BCUT2D eigenvalue weighted by atomic mass is 10.1. The summed E-state index contributed by atoms with van der Waals surface area (Å²) in [7, 11) is 0. The number of halogens is 1. The molecule has 3 heteroatoms. The van der Waals surface area contributed by atoms with Gasteiger partial charge in [0.25, 0.3) is 0 Å². The standard InChI is InChI=1S/C17H14ClNO/c1-12-2-4-13(5-3-12)9-19-10-14(11-20)16-7-6-15(18)8-17(16)19/h2-8,10-11H,9H2,1H3. The van der Waals surface area contributed by atoms with Crippen molar-refractivity contribution in [2.45, 2.75) is 13.5 Å². The van der Waals surface area contributed by atoms with Crippen LogP contribution in [0.15, 0.2) is 48.7 Å². The lowest BCUT2D eigenvalue weighted by Crippen LogP contribution is -1.97. The molecule has 0 N–H and O–H groups in total. The number of rotatable bonds is 3. The van der Waals surface area contributed by atoms with E-state index in [2.05, 4.69) is 35.8 Å². The first-order chi connectivity index (χ1) is 9.67. The maximum absolute atomic E-state index is 11.2. The van der Waals surface area contributed by atoms with Gasteiger partial charge in [0.15, 0.2) is 6.29 Å². The van der Waals surface area contributed by atoms with Gasteiger partial charge in [0, 0.05) is 28.7 Å². The smallest absolute Gasteiger partial charge is 0.152 e. The van der Waals surface area contributed by atoms with Crippen LogP contribution in [0.4, 0.5) is 0 Å². The lowest BCUT2D eigenvalue weighted by Gasteiger charge is -2.06. The number of carbonyl (C=O) groups excluding carboxylic acids is 1. The second-order valence-corrected chi connectivity index (χ2v) is 5.41. The SMILES string of the molecule is Cc1ccc(Cn2cc(C=O)c3ccc(Cl)cc32)cc1. The van der Waals surface area contributed by atoms with Gasteiger partial charge < -0.3 is 4.57 Å². The lowest BCUT2D eigenvalue weighted by molar-refractivity contribution is 0.112. The van der Waals surface area contributed by atoms with Gasteiger partial charge in [-0.25, -0.2) is 0 Å². The van der Waals surface area contributed by atoms with Crippen LogP contribution in [0.3, 0.4) is 0 Å². The summed E-state index contributed by atoms with van der Waals surface area (Å²) in [6.45, 7) is 2.80. The molecule has 0 aliphatic carbocycles. The first kappa shape index (κ1) is 12.9. The first-order valence-corrected chi connectivity index (χ1v) is 6.84. The molecule has 2 nitrogen and oxygen atoms in total. The second-order valence-electron chi connectivity index (χ2n) is 4.98. The largest absolute Gasteiger partial charge is 0.342 e. The number of fused-ring (bicyclic) bond motifs is 1. The number of aromatic nitrogens is 1. The van der Waals surface area contributed by atoms with E-state index < -0.39 is 0 Å². The zero-order valence-electron chi connectivity index (χ0n) is 11.1. The molecule has 0 aliphatic rings. The summed E-state index contributed by atoms with van der Waals surface area (Å²) in [4.78, 5) is 11.2. The maximum atomic E-state index is 11.2. The molecule has 0 aliphatic heterocycles. The Hall–Kier alpha value is -2.06. The molecule has 0 unspecified atom stereocenters. The van der Waals surface area contributed by atoms with Crippen LogP contribution in [0.1, 0.15) is 21.5 Å². The molecule has 20 heavy (non-hydrogen) atoms. The first-order valence-electron chi connectivity index (χ1n) is 6.46. The predicted molar refractivity (Wildman–Crippen MR) is 82.6 cm³/mol. The molecule has 0 amide bonds. The quantitative estimate of drug-likeness (QED) is 0.650. The van der Waals surface area contributed by atoms with Gasteiger partial charge in [-0.3, -0.25) is 4.79 Å². The van der Waals surface area contributed by atoms with Crippen molar-refractivity contribution in [2.75, 3.05) is 0 Å². The van der Waals surface area contributed by atoms with E-state index in [9.17, 15) is 4.79 Å². The van der Waals surface area contributed by atoms with E-state index in [1.807, 2.05) is 24.4 Å². The molecule has 0 radical (unpaired) electrons. The normalized spacial score (nSPS) is 10.9. The molecule has 3 aromatic rings. The second kappa shape index (κ2) is 5.14. The van der Waals surface area contributed by atoms with Gasteiger partial charge in [-0.2, -0.15) is 0 Å². The van der Waals surface area contributed by atoms with Gasteiger partial charge in [-0.15, -0.1) is 0 Å². The van der Waals surface area contributed by atoms with E-state index in [1.165, 1.54) is 11.1 Å². The molecule has 3 rings (SSSR count). The van der Waals surface area contributed by atoms with Crippen molar-refractivity contribution in [1.29, 1.82) is 0 Å². The fourth-order valence-electron chi connectivity index (χ4n) is 2.41. The highest BCUT2D eigenvalue weighted by atomic mass is 35.5. The highest BCUT2D eigenvalue weighted by Gasteiger charge is 2.08. The van der Waals surface area contributed by atoms with Crippen molar-refractivity contribution < 1.29 is 4.79 Å². The summed E-state index contributed by atoms with van der Waals surface area (Å²) in [6.07, 6.45) is 2.77. The van der Waals surface area contributed by atoms with E-state index >= 15 is 0 Å². The molecule has 0 saturated carbocycles. The van der Waals surface area contributed by atoms with Crippen LogP contribution in [-0.4, -0.2) is 10.9 Å². The molecular weight excluding hydrogens is 270 g/mol. The molecule has 2 aromatic carbocycles. The Balaban J connectivity index is 2.08. The Morgan fingerprint density at radius 1 is 1.15 bits per heavy atom. The molecule has 1 aromatic heterocycles. The third-order valence-electron chi connectivity index (χ3n) is 3.48. The average molecular weight is 284 g/mol. The minimum atomic E-state index is 0.679. The number of aryl methyl sites for hydroxylation is 1. The molecule has 100 valence electrons. The Morgan fingerprint density at radius 3 is 2.60 bits per heavy atom. The minimum absolute atomic E-state index is 0.679. The summed E-state index contributed by atoms with van der Waals surface area (Å²) < 4.78 is 2.07. The summed E-state index contributed by atoms with van der Waals surface area (Å²) >= 11 is 6.07. The number of benzene rings is 2. The maximum Gasteiger partial charge on any atom is 0.152 e. The van der Waals surface area contributed by atoms with Gasteiger partial charge in [-0.05, 0) is 24.6 Å². The monoisotopic (exact) mass is 283 g/mol. The summed E-state index contributed by atoms with van der Waals surface area (Å²) in [5.41, 5.74) is 4.12. The van der Waals surface area contributed by atoms with Gasteiger partial charge in [-0.1, -0.05) is 47.5 Å². The van der Waals surface area contributed by atoms with E-state index in [1.54, 1.807) is 0 Å². The summed E-state index contributed by atoms with van der Waals surface area (Å²) in [5.74, 6) is 0. The molecule has 1 heterocycles. The van der Waals surface area contributed by atoms with Crippen LogP contribution >= 0.6 is 11.6 Å². The Labute approximate surface area is 122 Å². The van der Waals surface area contributed by atoms with Crippen LogP contribution in [-0.2, 0) is 6.54 Å². The van der Waals surface area contributed by atoms with E-state index in [0.717, 1.165) is 23.7 Å². The number of carbonyl (C=O) groups is 1. The molecule has 0 saturated heterocycles. The zero-order chi connectivity index (χ0) is 14.1. The van der Waals surface area contributed by atoms with Crippen molar-refractivity contribution in [1.82, 2.24) is 4.57 Å². The highest BCUT2D eigenvalue weighted by molar-refractivity contribution is 6.31. The van der Waals surface area contributed by atoms with Crippen molar-refractivity contribution in [2.24, 2.45) is 0 Å². The average Bonchev–Trinajstić information content (AvgIpc) is 2.79. The number of nitrogens with zero attached hydrogens (tertiary/aromatic N) is 1. The molecule has 0 spiro atoms. The summed E-state index contributed by atoms with van der Waals surface area (Å²) in [6, 6.07) is 14.0. The van der Waals surface area contributed by atoms with E-state index in [0.29, 0.717) is 10.6 Å². The van der Waals surface area contributed by atoms with Crippen LogP contribution in [0.25, 0.3) is 10.9 Å². The topological polar surface area (TPSA) is 22.0 Å². The number of hydrogen-bond acceptors (Lipinski definition) is 1. The molecule has 0 atom stereocenters. The predicted octanol–water partition coefficient (Wildman–Crippen LogP) is 4.46. The van der Waals surface area contributed by atoms with E-state index in [-0.39, 0.29) is 0 Å². The zero-order valence-corrected chi connectivity index (χ0v) is 11.9. The van der Waals surface area contributed by atoms with Crippen LogP contribution in [0.5, 0.6) is 0 Å². The number of aldehydes is 1. The van der Waals surface area contributed by atoms with Gasteiger partial charge >= 0.3 is 0 Å². The van der Waals surface area contributed by atoms with Gasteiger partial charge in [0.05, 0.1) is 5.52 Å². The minimum Gasteiger partial charge on any atom is -0.342 e.